The van der Waals surface area contributed by atoms with E-state index in [1.54, 1.807) is 7.11 Å². The van der Waals surface area contributed by atoms with E-state index in [-0.39, 0.29) is 24.2 Å². The summed E-state index contributed by atoms with van der Waals surface area (Å²) >= 11 is 0. The lowest BCUT2D eigenvalue weighted by atomic mass is 10.1. The molecule has 4 nitrogen and oxygen atoms in total. The molecule has 1 atom stereocenters. The Morgan fingerprint density at radius 3 is 2.79 bits per heavy atom. The fourth-order valence-electron chi connectivity index (χ4n) is 1.62. The van der Waals surface area contributed by atoms with Gasteiger partial charge in [0.25, 0.3) is 0 Å². The van der Waals surface area contributed by atoms with Crippen LogP contribution in [0.2, 0.25) is 0 Å². The normalized spacial score (nSPS) is 11.5. The van der Waals surface area contributed by atoms with E-state index in [4.69, 9.17) is 4.74 Å². The molecule has 108 valence electrons. The van der Waals surface area contributed by atoms with Crippen molar-refractivity contribution in [2.24, 2.45) is 5.92 Å². The van der Waals surface area contributed by atoms with E-state index in [1.165, 1.54) is 0 Å². The van der Waals surface area contributed by atoms with Crippen LogP contribution in [-0.4, -0.2) is 26.2 Å². The molecule has 0 fully saturated rings. The minimum absolute atomic E-state index is 0. The summed E-state index contributed by atoms with van der Waals surface area (Å²) in [4.78, 5) is 11.8. The number of nitrogens with one attached hydrogen (secondary N) is 2. The maximum Gasteiger partial charge on any atom is 0.229 e. The summed E-state index contributed by atoms with van der Waals surface area (Å²) < 4.78 is 4.97. The fourth-order valence-corrected chi connectivity index (χ4v) is 1.62. The predicted molar refractivity (Wildman–Crippen MR) is 80.7 cm³/mol. The highest BCUT2D eigenvalue weighted by molar-refractivity contribution is 5.92. The van der Waals surface area contributed by atoms with Crippen LogP contribution in [0.1, 0.15) is 19.4 Å². The number of methoxy groups -OCH3 is 1. The molecule has 0 radical (unpaired) electrons. The van der Waals surface area contributed by atoms with Gasteiger partial charge in [0.05, 0.1) is 12.5 Å². The third-order valence-corrected chi connectivity index (χ3v) is 2.64. The van der Waals surface area contributed by atoms with E-state index in [0.29, 0.717) is 6.61 Å². The lowest BCUT2D eigenvalue weighted by Crippen LogP contribution is -2.24. The molecule has 2 N–H and O–H groups in total. The first kappa shape index (κ1) is 17.9. The van der Waals surface area contributed by atoms with Crippen LogP contribution in [-0.2, 0) is 16.1 Å². The smallest absolute Gasteiger partial charge is 0.229 e. The van der Waals surface area contributed by atoms with Gasteiger partial charge in [0.2, 0.25) is 5.91 Å². The lowest BCUT2D eigenvalue weighted by molar-refractivity contribution is -0.120. The van der Waals surface area contributed by atoms with Crippen molar-refractivity contribution < 1.29 is 9.53 Å². The first-order valence-electron chi connectivity index (χ1n) is 6.26. The molecule has 0 aliphatic heterocycles. The summed E-state index contributed by atoms with van der Waals surface area (Å²) in [6.07, 6.45) is 0. The highest BCUT2D eigenvalue weighted by Crippen LogP contribution is 2.12. The van der Waals surface area contributed by atoms with Crippen LogP contribution >= 0.6 is 12.4 Å². The van der Waals surface area contributed by atoms with Gasteiger partial charge in [-0.15, -0.1) is 12.4 Å². The van der Waals surface area contributed by atoms with Gasteiger partial charge in [-0.3, -0.25) is 4.79 Å². The Hall–Kier alpha value is -1.10. The number of halogens is 1. The van der Waals surface area contributed by atoms with Gasteiger partial charge in [0, 0.05) is 19.3 Å². The number of anilines is 1. The van der Waals surface area contributed by atoms with Crippen molar-refractivity contribution >= 4 is 24.0 Å². The van der Waals surface area contributed by atoms with Crippen LogP contribution in [0.5, 0.6) is 0 Å². The van der Waals surface area contributed by atoms with Gasteiger partial charge >= 0.3 is 0 Å². The molecule has 1 aromatic rings. The van der Waals surface area contributed by atoms with Gasteiger partial charge in [-0.05, 0) is 24.2 Å². The Kier molecular flexibility index (Phi) is 9.21. The molecule has 1 aromatic carbocycles. The van der Waals surface area contributed by atoms with E-state index < -0.39 is 0 Å². The Labute approximate surface area is 121 Å². The van der Waals surface area contributed by atoms with Crippen LogP contribution < -0.4 is 10.6 Å². The summed E-state index contributed by atoms with van der Waals surface area (Å²) in [5.41, 5.74) is 1.99. The van der Waals surface area contributed by atoms with E-state index in [9.17, 15) is 4.79 Å². The largest absolute Gasteiger partial charge is 0.384 e. The van der Waals surface area contributed by atoms with Gasteiger partial charge in [-0.1, -0.05) is 26.0 Å². The molecule has 1 unspecified atom stereocenters. The lowest BCUT2D eigenvalue weighted by Gasteiger charge is -2.12. The van der Waals surface area contributed by atoms with Crippen molar-refractivity contribution in [3.05, 3.63) is 29.8 Å². The van der Waals surface area contributed by atoms with E-state index in [2.05, 4.69) is 17.6 Å². The molecule has 5 heteroatoms. The molecule has 0 bridgehead atoms. The van der Waals surface area contributed by atoms with Gasteiger partial charge in [0.15, 0.2) is 0 Å². The molecule has 1 rings (SSSR count). The summed E-state index contributed by atoms with van der Waals surface area (Å²) in [5, 5.41) is 6.15. The maximum atomic E-state index is 11.8. The van der Waals surface area contributed by atoms with Crippen LogP contribution in [0.4, 0.5) is 5.69 Å². The van der Waals surface area contributed by atoms with Crippen molar-refractivity contribution in [1.29, 1.82) is 0 Å². The SMILES string of the molecule is CCNCc1cccc(NC(=O)C(C)COC)c1.Cl. The van der Waals surface area contributed by atoms with Crippen molar-refractivity contribution in [3.8, 4) is 0 Å². The van der Waals surface area contributed by atoms with Crippen LogP contribution in [0, 0.1) is 5.92 Å². The number of rotatable bonds is 7. The van der Waals surface area contributed by atoms with Crippen LogP contribution in [0.15, 0.2) is 24.3 Å². The van der Waals surface area contributed by atoms with Gasteiger partial charge < -0.3 is 15.4 Å². The minimum Gasteiger partial charge on any atom is -0.384 e. The topological polar surface area (TPSA) is 50.4 Å². The standard InChI is InChI=1S/C14H22N2O2.ClH/c1-4-15-9-12-6-5-7-13(8-12)16-14(17)11(2)10-18-3;/h5-8,11,15H,4,9-10H2,1-3H3,(H,16,17);1H. The molecule has 0 heterocycles. The van der Waals surface area contributed by atoms with Crippen molar-refractivity contribution in [2.75, 3.05) is 25.6 Å². The zero-order valence-electron chi connectivity index (χ0n) is 11.7. The Morgan fingerprint density at radius 1 is 1.42 bits per heavy atom. The molecule has 0 spiro atoms. The molecule has 0 aromatic heterocycles. The van der Waals surface area contributed by atoms with Gasteiger partial charge in [-0.25, -0.2) is 0 Å². The second kappa shape index (κ2) is 9.78. The third kappa shape index (κ3) is 6.57. The number of hydrogen-bond donors (Lipinski definition) is 2. The molecule has 0 saturated carbocycles. The maximum absolute atomic E-state index is 11.8. The van der Waals surface area contributed by atoms with Crippen molar-refractivity contribution in [2.45, 2.75) is 20.4 Å². The first-order chi connectivity index (χ1) is 8.67. The monoisotopic (exact) mass is 286 g/mol. The van der Waals surface area contributed by atoms with Gasteiger partial charge in [0.1, 0.15) is 0 Å². The average Bonchev–Trinajstić information content (AvgIpc) is 2.37. The number of carbonyl (C=O) groups excluding carboxylic acids is 1. The Morgan fingerprint density at radius 2 is 2.16 bits per heavy atom. The number of hydrogen-bond acceptors (Lipinski definition) is 3. The number of carbonyl (C=O) groups is 1. The van der Waals surface area contributed by atoms with E-state index in [1.807, 2.05) is 31.2 Å². The molecule has 0 aliphatic rings. The molecule has 1 amide bonds. The zero-order chi connectivity index (χ0) is 13.4. The summed E-state index contributed by atoms with van der Waals surface area (Å²) in [7, 11) is 1.60. The van der Waals surface area contributed by atoms with Crippen molar-refractivity contribution in [3.63, 3.8) is 0 Å². The Bertz CT molecular complexity index is 385. The second-order valence-electron chi connectivity index (χ2n) is 4.33. The highest BCUT2D eigenvalue weighted by Gasteiger charge is 2.12. The number of benzene rings is 1. The molecule has 0 saturated heterocycles. The summed E-state index contributed by atoms with van der Waals surface area (Å²) in [6, 6.07) is 7.87. The third-order valence-electron chi connectivity index (χ3n) is 2.64. The number of amides is 1. The predicted octanol–water partition coefficient (Wildman–Crippen LogP) is 2.44. The summed E-state index contributed by atoms with van der Waals surface area (Å²) in [5.74, 6) is -0.162. The first-order valence-corrected chi connectivity index (χ1v) is 6.26. The fraction of sp³-hybridized carbons (Fsp3) is 0.500. The molecule has 19 heavy (non-hydrogen) atoms. The molecule has 0 aliphatic carbocycles. The van der Waals surface area contributed by atoms with Crippen LogP contribution in [0.25, 0.3) is 0 Å². The van der Waals surface area contributed by atoms with Crippen molar-refractivity contribution in [1.82, 2.24) is 5.32 Å². The molecular formula is C14H23ClN2O2. The Balaban J connectivity index is 0.00000324. The quantitative estimate of drug-likeness (QED) is 0.809. The van der Waals surface area contributed by atoms with E-state index in [0.717, 1.165) is 24.3 Å². The summed E-state index contributed by atoms with van der Waals surface area (Å²) in [6.45, 7) is 6.09. The highest BCUT2D eigenvalue weighted by atomic mass is 35.5. The minimum atomic E-state index is -0.146. The zero-order valence-corrected chi connectivity index (χ0v) is 12.5. The second-order valence-corrected chi connectivity index (χ2v) is 4.33. The van der Waals surface area contributed by atoms with Gasteiger partial charge in [-0.2, -0.15) is 0 Å². The molecular weight excluding hydrogens is 264 g/mol. The van der Waals surface area contributed by atoms with Crippen LogP contribution in [0.3, 0.4) is 0 Å². The average molecular weight is 287 g/mol. The van der Waals surface area contributed by atoms with E-state index >= 15 is 0 Å². The number of ether oxygens (including phenoxy) is 1.